The number of rotatable bonds is 3. The highest BCUT2D eigenvalue weighted by Crippen LogP contribution is 2.11. The third kappa shape index (κ3) is 2.23. The van der Waals surface area contributed by atoms with E-state index >= 15 is 0 Å². The van der Waals surface area contributed by atoms with Gasteiger partial charge in [-0.05, 0) is 12.5 Å². The van der Waals surface area contributed by atoms with E-state index in [1.54, 1.807) is 13.0 Å². The normalized spacial score (nSPS) is 12.4. The summed E-state index contributed by atoms with van der Waals surface area (Å²) in [6.07, 6.45) is 1.87. The first kappa shape index (κ1) is 11.0. The highest BCUT2D eigenvalue weighted by molar-refractivity contribution is 9.10. The molecule has 0 aliphatic rings. The molecule has 1 aromatic rings. The fourth-order valence-corrected chi connectivity index (χ4v) is 1.53. The van der Waals surface area contributed by atoms with Crippen molar-refractivity contribution < 1.29 is 9.90 Å². The third-order valence-electron chi connectivity index (χ3n) is 1.92. The zero-order chi connectivity index (χ0) is 10.7. The first-order valence-corrected chi connectivity index (χ1v) is 4.96. The molecule has 76 valence electrons. The Morgan fingerprint density at radius 3 is 2.79 bits per heavy atom. The minimum atomic E-state index is -0.989. The van der Waals surface area contributed by atoms with Crippen LogP contribution in [0.2, 0.25) is 0 Å². The van der Waals surface area contributed by atoms with Crippen LogP contribution in [0.5, 0.6) is 0 Å². The van der Waals surface area contributed by atoms with Crippen LogP contribution in [0.15, 0.2) is 27.6 Å². The summed E-state index contributed by atoms with van der Waals surface area (Å²) >= 11 is 3.14. The fraction of sp³-hybridized carbons (Fsp3) is 0.333. The van der Waals surface area contributed by atoms with Gasteiger partial charge in [0.15, 0.2) is 0 Å². The molecular formula is C9H10BrNO3. The Bertz CT molecular complexity index is 399. The van der Waals surface area contributed by atoms with E-state index in [0.29, 0.717) is 10.9 Å². The van der Waals surface area contributed by atoms with Crippen molar-refractivity contribution in [2.75, 3.05) is 0 Å². The van der Waals surface area contributed by atoms with Crippen molar-refractivity contribution in [2.45, 2.75) is 19.4 Å². The lowest BCUT2D eigenvalue weighted by Gasteiger charge is -2.12. The van der Waals surface area contributed by atoms with Crippen LogP contribution in [0.4, 0.5) is 0 Å². The largest absolute Gasteiger partial charge is 0.480 e. The molecule has 4 nitrogen and oxygen atoms in total. The Kier molecular flexibility index (Phi) is 3.46. The molecule has 0 bridgehead atoms. The van der Waals surface area contributed by atoms with Crippen molar-refractivity contribution >= 4 is 21.9 Å². The minimum Gasteiger partial charge on any atom is -0.480 e. The Labute approximate surface area is 89.3 Å². The lowest BCUT2D eigenvalue weighted by atomic mass is 10.2. The van der Waals surface area contributed by atoms with E-state index in [4.69, 9.17) is 5.11 Å². The van der Waals surface area contributed by atoms with Crippen molar-refractivity contribution in [1.29, 1.82) is 0 Å². The summed E-state index contributed by atoms with van der Waals surface area (Å²) in [5.74, 6) is -0.989. The molecule has 0 aliphatic carbocycles. The number of carbonyl (C=O) groups is 1. The molecule has 1 aromatic heterocycles. The van der Waals surface area contributed by atoms with E-state index in [2.05, 4.69) is 15.9 Å². The number of hydrogen-bond donors (Lipinski definition) is 1. The number of carboxylic acid groups (broad SMARTS) is 1. The molecular weight excluding hydrogens is 250 g/mol. The van der Waals surface area contributed by atoms with Gasteiger partial charge in [0.05, 0.1) is 0 Å². The topological polar surface area (TPSA) is 59.3 Å². The number of carboxylic acids is 1. The van der Waals surface area contributed by atoms with Crippen LogP contribution < -0.4 is 5.56 Å². The van der Waals surface area contributed by atoms with Crippen molar-refractivity contribution in [1.82, 2.24) is 4.57 Å². The van der Waals surface area contributed by atoms with Gasteiger partial charge < -0.3 is 9.67 Å². The summed E-state index contributed by atoms with van der Waals surface area (Å²) < 4.78 is 1.87. The highest BCUT2D eigenvalue weighted by Gasteiger charge is 2.17. The summed E-state index contributed by atoms with van der Waals surface area (Å²) in [4.78, 5) is 22.2. The zero-order valence-corrected chi connectivity index (χ0v) is 9.19. The lowest BCUT2D eigenvalue weighted by Crippen LogP contribution is -2.28. The predicted molar refractivity (Wildman–Crippen MR) is 55.4 cm³/mol. The van der Waals surface area contributed by atoms with Gasteiger partial charge in [0.1, 0.15) is 6.04 Å². The summed E-state index contributed by atoms with van der Waals surface area (Å²) in [7, 11) is 0. The second kappa shape index (κ2) is 4.41. The molecule has 0 radical (unpaired) electrons. The molecule has 14 heavy (non-hydrogen) atoms. The predicted octanol–water partition coefficient (Wildman–Crippen LogP) is 1.65. The van der Waals surface area contributed by atoms with Gasteiger partial charge in [-0.1, -0.05) is 22.9 Å². The zero-order valence-electron chi connectivity index (χ0n) is 7.61. The summed E-state index contributed by atoms with van der Waals surface area (Å²) in [5, 5.41) is 8.85. The highest BCUT2D eigenvalue weighted by atomic mass is 79.9. The maximum absolute atomic E-state index is 11.4. The molecule has 0 aliphatic heterocycles. The molecule has 1 N–H and O–H groups in total. The molecule has 0 saturated carbocycles. The van der Waals surface area contributed by atoms with Crippen LogP contribution >= 0.6 is 15.9 Å². The Hall–Kier alpha value is -1.10. The van der Waals surface area contributed by atoms with E-state index < -0.39 is 12.0 Å². The summed E-state index contributed by atoms with van der Waals surface area (Å²) in [5.41, 5.74) is -0.311. The van der Waals surface area contributed by atoms with Gasteiger partial charge >= 0.3 is 5.97 Å². The third-order valence-corrected chi connectivity index (χ3v) is 2.41. The molecule has 0 fully saturated rings. The van der Waals surface area contributed by atoms with E-state index in [9.17, 15) is 9.59 Å². The average molecular weight is 260 g/mol. The van der Waals surface area contributed by atoms with Gasteiger partial charge in [-0.3, -0.25) is 4.79 Å². The second-order valence-corrected chi connectivity index (χ2v) is 3.77. The summed E-state index contributed by atoms with van der Waals surface area (Å²) in [6, 6.07) is 2.22. The Morgan fingerprint density at radius 1 is 1.71 bits per heavy atom. The van der Waals surface area contributed by atoms with Crippen molar-refractivity contribution in [3.05, 3.63) is 33.2 Å². The number of hydrogen-bond acceptors (Lipinski definition) is 2. The molecule has 0 aromatic carbocycles. The standard InChI is InChI=1S/C9H10BrNO3/c1-2-7(9(13)14)11-4-3-6(10)5-8(11)12/h3-5,7H,2H2,1H3,(H,13,14). The van der Waals surface area contributed by atoms with Crippen molar-refractivity contribution in [3.8, 4) is 0 Å². The average Bonchev–Trinajstić information content (AvgIpc) is 2.09. The van der Waals surface area contributed by atoms with Gasteiger partial charge in [0.25, 0.3) is 5.56 Å². The van der Waals surface area contributed by atoms with Gasteiger partial charge in [-0.25, -0.2) is 4.79 Å². The second-order valence-electron chi connectivity index (χ2n) is 2.85. The molecule has 1 rings (SSSR count). The van der Waals surface area contributed by atoms with Gasteiger partial charge in [0, 0.05) is 16.7 Å². The Morgan fingerprint density at radius 2 is 2.36 bits per heavy atom. The van der Waals surface area contributed by atoms with E-state index in [1.807, 2.05) is 0 Å². The van der Waals surface area contributed by atoms with E-state index in [0.717, 1.165) is 0 Å². The first-order valence-electron chi connectivity index (χ1n) is 4.16. The summed E-state index contributed by atoms with van der Waals surface area (Å²) in [6.45, 7) is 1.73. The number of nitrogens with zero attached hydrogens (tertiary/aromatic N) is 1. The first-order chi connectivity index (χ1) is 6.56. The van der Waals surface area contributed by atoms with Crippen LogP contribution in [0.25, 0.3) is 0 Å². The molecule has 1 heterocycles. The van der Waals surface area contributed by atoms with Gasteiger partial charge in [0.2, 0.25) is 0 Å². The number of aliphatic carboxylic acids is 1. The number of halogens is 1. The molecule has 1 unspecified atom stereocenters. The fourth-order valence-electron chi connectivity index (χ4n) is 1.21. The SMILES string of the molecule is CCC(C(=O)O)n1ccc(Br)cc1=O. The van der Waals surface area contributed by atoms with Crippen LogP contribution in [0, 0.1) is 0 Å². The van der Waals surface area contributed by atoms with Gasteiger partial charge in [-0.2, -0.15) is 0 Å². The lowest BCUT2D eigenvalue weighted by molar-refractivity contribution is -0.141. The van der Waals surface area contributed by atoms with Crippen LogP contribution in [-0.4, -0.2) is 15.6 Å². The maximum Gasteiger partial charge on any atom is 0.326 e. The molecule has 5 heteroatoms. The van der Waals surface area contributed by atoms with Crippen LogP contribution in [-0.2, 0) is 4.79 Å². The van der Waals surface area contributed by atoms with Crippen LogP contribution in [0.3, 0.4) is 0 Å². The monoisotopic (exact) mass is 259 g/mol. The number of pyridine rings is 1. The maximum atomic E-state index is 11.4. The minimum absolute atomic E-state index is 0.311. The smallest absolute Gasteiger partial charge is 0.326 e. The van der Waals surface area contributed by atoms with Crippen molar-refractivity contribution in [2.24, 2.45) is 0 Å². The number of aromatic nitrogens is 1. The molecule has 0 amide bonds. The van der Waals surface area contributed by atoms with E-state index in [1.165, 1.54) is 16.8 Å². The van der Waals surface area contributed by atoms with Gasteiger partial charge in [-0.15, -0.1) is 0 Å². The van der Waals surface area contributed by atoms with E-state index in [-0.39, 0.29) is 5.56 Å². The Balaban J connectivity index is 3.18. The quantitative estimate of drug-likeness (QED) is 0.898. The van der Waals surface area contributed by atoms with Crippen molar-refractivity contribution in [3.63, 3.8) is 0 Å². The molecule has 0 spiro atoms. The van der Waals surface area contributed by atoms with Crippen LogP contribution in [0.1, 0.15) is 19.4 Å². The molecule has 1 atom stereocenters. The molecule has 0 saturated heterocycles.